The van der Waals surface area contributed by atoms with Crippen molar-refractivity contribution in [1.82, 2.24) is 0 Å². The summed E-state index contributed by atoms with van der Waals surface area (Å²) in [6.07, 6.45) is 0. The fourth-order valence-corrected chi connectivity index (χ4v) is 3.59. The highest BCUT2D eigenvalue weighted by molar-refractivity contribution is 6.02. The van der Waals surface area contributed by atoms with Gasteiger partial charge >= 0.3 is 0 Å². The number of hydrogen-bond donors (Lipinski definition) is 0. The lowest BCUT2D eigenvalue weighted by atomic mass is 10.0. The first-order chi connectivity index (χ1) is 11.8. The lowest BCUT2D eigenvalue weighted by molar-refractivity contribution is 0.582. The van der Waals surface area contributed by atoms with Gasteiger partial charge in [-0.25, -0.2) is 0 Å². The first-order valence-electron chi connectivity index (χ1n) is 8.21. The van der Waals surface area contributed by atoms with Crippen molar-refractivity contribution in [3.05, 3.63) is 84.4 Å². The fourth-order valence-electron chi connectivity index (χ4n) is 3.59. The Bertz CT molecular complexity index is 1160. The van der Waals surface area contributed by atoms with E-state index in [2.05, 4.69) is 85.8 Å². The van der Waals surface area contributed by atoms with E-state index in [0.29, 0.717) is 0 Å². The summed E-state index contributed by atoms with van der Waals surface area (Å²) in [5.41, 5.74) is 3.58. The molecular formula is C23H16O. The maximum Gasteiger partial charge on any atom is 0.136 e. The minimum atomic E-state index is 0.918. The van der Waals surface area contributed by atoms with Crippen LogP contribution in [0.1, 0.15) is 5.56 Å². The van der Waals surface area contributed by atoms with Crippen LogP contribution < -0.4 is 0 Å². The third kappa shape index (κ3) is 1.95. The second kappa shape index (κ2) is 4.97. The summed E-state index contributed by atoms with van der Waals surface area (Å²) in [6, 6.07) is 27.6. The zero-order valence-corrected chi connectivity index (χ0v) is 13.4. The molecule has 1 aliphatic carbocycles. The Balaban J connectivity index is 1.77. The van der Waals surface area contributed by atoms with Crippen LogP contribution in [0.4, 0.5) is 0 Å². The average molecular weight is 308 g/mol. The Morgan fingerprint density at radius 3 is 2.25 bits per heavy atom. The Hall–Kier alpha value is -3.06. The largest absolute Gasteiger partial charge is 0.456 e. The molecule has 1 aliphatic heterocycles. The highest BCUT2D eigenvalue weighted by Crippen LogP contribution is 2.40. The molecule has 0 bridgehead atoms. The molecule has 24 heavy (non-hydrogen) atoms. The van der Waals surface area contributed by atoms with Gasteiger partial charge in [0.1, 0.15) is 11.5 Å². The predicted molar refractivity (Wildman–Crippen MR) is 101 cm³/mol. The lowest BCUT2D eigenvalue weighted by Crippen LogP contribution is -1.86. The molecule has 0 N–H and O–H groups in total. The van der Waals surface area contributed by atoms with Gasteiger partial charge in [-0.2, -0.15) is 0 Å². The molecule has 1 heterocycles. The van der Waals surface area contributed by atoms with Gasteiger partial charge in [-0.05, 0) is 52.2 Å². The predicted octanol–water partition coefficient (Wildman–Crippen LogP) is 6.67. The van der Waals surface area contributed by atoms with Gasteiger partial charge in [0.25, 0.3) is 0 Å². The van der Waals surface area contributed by atoms with E-state index in [1.807, 2.05) is 0 Å². The molecule has 0 atom stereocenters. The van der Waals surface area contributed by atoms with E-state index in [-0.39, 0.29) is 0 Å². The highest BCUT2D eigenvalue weighted by Gasteiger charge is 2.16. The van der Waals surface area contributed by atoms with Gasteiger partial charge in [0, 0.05) is 11.1 Å². The van der Waals surface area contributed by atoms with Crippen LogP contribution in [0.3, 0.4) is 0 Å². The normalized spacial score (nSPS) is 11.5. The second-order valence-corrected chi connectivity index (χ2v) is 6.33. The van der Waals surface area contributed by atoms with Crippen LogP contribution in [0.5, 0.6) is 0 Å². The molecule has 0 radical (unpaired) electrons. The van der Waals surface area contributed by atoms with Crippen LogP contribution in [0, 0.1) is 6.92 Å². The Labute approximate surface area is 140 Å². The summed E-state index contributed by atoms with van der Waals surface area (Å²) >= 11 is 0. The molecule has 1 heteroatoms. The quantitative estimate of drug-likeness (QED) is 0.337. The zero-order valence-electron chi connectivity index (χ0n) is 13.4. The van der Waals surface area contributed by atoms with E-state index >= 15 is 0 Å². The topological polar surface area (TPSA) is 13.1 Å². The Morgan fingerprint density at radius 2 is 1.38 bits per heavy atom. The molecule has 3 aromatic rings. The van der Waals surface area contributed by atoms with Gasteiger partial charge in [-0.1, -0.05) is 60.7 Å². The van der Waals surface area contributed by atoms with Crippen LogP contribution >= 0.6 is 0 Å². The van der Waals surface area contributed by atoms with Crippen molar-refractivity contribution in [2.24, 2.45) is 0 Å². The first kappa shape index (κ1) is 13.4. The number of rotatable bonds is 1. The molecule has 3 aromatic carbocycles. The summed E-state index contributed by atoms with van der Waals surface area (Å²) < 4.78 is 6.26. The summed E-state index contributed by atoms with van der Waals surface area (Å²) in [5.74, 6) is 1.88. The molecule has 0 fully saturated rings. The van der Waals surface area contributed by atoms with Crippen molar-refractivity contribution in [2.45, 2.75) is 6.92 Å². The van der Waals surface area contributed by atoms with Crippen molar-refractivity contribution in [3.63, 3.8) is 0 Å². The summed E-state index contributed by atoms with van der Waals surface area (Å²) in [6.45, 7) is 2.16. The smallest absolute Gasteiger partial charge is 0.136 e. The summed E-state index contributed by atoms with van der Waals surface area (Å²) in [4.78, 5) is 0. The van der Waals surface area contributed by atoms with E-state index in [0.717, 1.165) is 17.1 Å². The lowest BCUT2D eigenvalue weighted by Gasteiger charge is -2.10. The summed E-state index contributed by atoms with van der Waals surface area (Å²) in [5, 5.41) is 4.97. The van der Waals surface area contributed by atoms with E-state index in [1.54, 1.807) is 0 Å². The van der Waals surface area contributed by atoms with Crippen molar-refractivity contribution in [2.75, 3.05) is 0 Å². The third-order valence-corrected chi connectivity index (χ3v) is 4.76. The maximum absolute atomic E-state index is 6.26. The molecule has 0 saturated carbocycles. The minimum absolute atomic E-state index is 0.918. The summed E-state index contributed by atoms with van der Waals surface area (Å²) in [7, 11) is 0. The molecule has 0 spiro atoms. The van der Waals surface area contributed by atoms with Gasteiger partial charge in [-0.3, -0.25) is 0 Å². The molecule has 114 valence electrons. The van der Waals surface area contributed by atoms with Crippen molar-refractivity contribution >= 4 is 21.5 Å². The number of benzene rings is 3. The van der Waals surface area contributed by atoms with Crippen LogP contribution in [0.2, 0.25) is 0 Å². The average Bonchev–Trinajstić information content (AvgIpc) is 3.00. The van der Waals surface area contributed by atoms with Crippen LogP contribution in [0.25, 0.3) is 44.2 Å². The minimum Gasteiger partial charge on any atom is -0.456 e. The second-order valence-electron chi connectivity index (χ2n) is 6.33. The fraction of sp³-hybridized carbons (Fsp3) is 0.0435. The molecule has 1 nitrogen and oxygen atoms in total. The number of aryl methyl sites for hydroxylation is 1. The SMILES string of the molecule is Cc1cc(-c2ccc3ccccc3c2)oc2cc3ccccc3c1-2. The zero-order chi connectivity index (χ0) is 16.1. The molecule has 0 saturated heterocycles. The maximum atomic E-state index is 6.26. The van der Waals surface area contributed by atoms with Crippen molar-refractivity contribution < 1.29 is 4.42 Å². The van der Waals surface area contributed by atoms with E-state index in [9.17, 15) is 0 Å². The first-order valence-corrected chi connectivity index (χ1v) is 8.21. The molecule has 0 aromatic heterocycles. The molecule has 5 rings (SSSR count). The van der Waals surface area contributed by atoms with E-state index < -0.39 is 0 Å². The van der Waals surface area contributed by atoms with Crippen molar-refractivity contribution in [1.29, 1.82) is 0 Å². The molecular weight excluding hydrogens is 292 g/mol. The van der Waals surface area contributed by atoms with Crippen LogP contribution in [0.15, 0.2) is 83.3 Å². The van der Waals surface area contributed by atoms with Gasteiger partial charge in [0.05, 0.1) is 0 Å². The molecule has 2 aliphatic rings. The van der Waals surface area contributed by atoms with Gasteiger partial charge in [-0.15, -0.1) is 0 Å². The highest BCUT2D eigenvalue weighted by atomic mass is 16.3. The van der Waals surface area contributed by atoms with Crippen LogP contribution in [-0.4, -0.2) is 0 Å². The third-order valence-electron chi connectivity index (χ3n) is 4.76. The Kier molecular flexibility index (Phi) is 2.77. The number of fused-ring (bicyclic) bond motifs is 4. The van der Waals surface area contributed by atoms with Gasteiger partial charge in [0.15, 0.2) is 0 Å². The van der Waals surface area contributed by atoms with E-state index in [1.165, 1.54) is 32.7 Å². The van der Waals surface area contributed by atoms with Gasteiger partial charge < -0.3 is 4.42 Å². The molecule has 0 amide bonds. The van der Waals surface area contributed by atoms with Gasteiger partial charge in [0.2, 0.25) is 0 Å². The monoisotopic (exact) mass is 308 g/mol. The molecule has 0 unspecified atom stereocenters. The number of hydrogen-bond acceptors (Lipinski definition) is 1. The van der Waals surface area contributed by atoms with Crippen molar-refractivity contribution in [3.8, 4) is 22.6 Å². The Morgan fingerprint density at radius 1 is 0.625 bits per heavy atom. The standard InChI is InChI=1S/C23H16O/c1-15-12-21(19-11-10-16-6-2-3-7-17(16)13-19)24-22-14-18-8-4-5-9-20(18)23(15)22/h2-14H,1H3. The van der Waals surface area contributed by atoms with E-state index in [4.69, 9.17) is 4.42 Å². The van der Waals surface area contributed by atoms with Crippen LogP contribution in [-0.2, 0) is 0 Å².